The van der Waals surface area contributed by atoms with Crippen molar-refractivity contribution < 1.29 is 13.2 Å². The molecule has 1 aromatic carbocycles. The molecule has 1 aliphatic heterocycles. The van der Waals surface area contributed by atoms with Crippen LogP contribution in [0.25, 0.3) is 0 Å². The number of rotatable bonds is 2. The number of carbonyl (C=O) groups excluding carboxylic acids is 1. The van der Waals surface area contributed by atoms with Gasteiger partial charge in [0.05, 0.1) is 5.02 Å². The van der Waals surface area contributed by atoms with E-state index in [0.717, 1.165) is 4.47 Å². The van der Waals surface area contributed by atoms with Crippen LogP contribution in [0.2, 0.25) is 5.02 Å². The van der Waals surface area contributed by atoms with Crippen LogP contribution in [0.1, 0.15) is 12.8 Å². The standard InChI is InChI=1S/C11H11BrClNO3S/c12-8-1-2-11(10(13)7-8)18(16,17)14-5-3-9(15)4-6-14/h1-2,7H,3-6H2. The van der Waals surface area contributed by atoms with Crippen LogP contribution in [0.3, 0.4) is 0 Å². The average Bonchev–Trinajstić information content (AvgIpc) is 2.29. The van der Waals surface area contributed by atoms with Gasteiger partial charge in [0, 0.05) is 30.4 Å². The van der Waals surface area contributed by atoms with Gasteiger partial charge in [-0.1, -0.05) is 27.5 Å². The molecule has 1 aliphatic rings. The van der Waals surface area contributed by atoms with Crippen molar-refractivity contribution in [2.75, 3.05) is 13.1 Å². The molecule has 0 saturated carbocycles. The Labute approximate surface area is 119 Å². The number of ketones is 1. The molecule has 98 valence electrons. The highest BCUT2D eigenvalue weighted by Crippen LogP contribution is 2.28. The van der Waals surface area contributed by atoms with Crippen LogP contribution in [0.5, 0.6) is 0 Å². The zero-order valence-corrected chi connectivity index (χ0v) is 12.6. The molecule has 0 aliphatic carbocycles. The molecule has 0 bridgehead atoms. The van der Waals surface area contributed by atoms with Crippen molar-refractivity contribution in [1.29, 1.82) is 0 Å². The lowest BCUT2D eigenvalue weighted by Crippen LogP contribution is -2.38. The summed E-state index contributed by atoms with van der Waals surface area (Å²) in [5.41, 5.74) is 0. The van der Waals surface area contributed by atoms with Crippen LogP contribution < -0.4 is 0 Å². The van der Waals surface area contributed by atoms with Crippen LogP contribution in [0.4, 0.5) is 0 Å². The Kier molecular flexibility index (Phi) is 4.11. The van der Waals surface area contributed by atoms with Gasteiger partial charge in [0.2, 0.25) is 10.0 Å². The normalized spacial score (nSPS) is 18.0. The minimum Gasteiger partial charge on any atom is -0.300 e. The van der Waals surface area contributed by atoms with Gasteiger partial charge >= 0.3 is 0 Å². The third-order valence-corrected chi connectivity index (χ3v) is 5.67. The van der Waals surface area contributed by atoms with Gasteiger partial charge in [0.15, 0.2) is 0 Å². The molecule has 1 heterocycles. The highest BCUT2D eigenvalue weighted by atomic mass is 79.9. The lowest BCUT2D eigenvalue weighted by molar-refractivity contribution is -0.120. The molecule has 1 saturated heterocycles. The fourth-order valence-electron chi connectivity index (χ4n) is 1.80. The minimum absolute atomic E-state index is 0.0849. The van der Waals surface area contributed by atoms with E-state index in [1.165, 1.54) is 10.4 Å². The number of carbonyl (C=O) groups is 1. The Bertz CT molecular complexity index is 578. The Hall–Kier alpha value is -0.430. The number of Topliss-reactive ketones (excluding diaryl/α,β-unsaturated/α-hetero) is 1. The first kappa shape index (κ1) is 14.0. The van der Waals surface area contributed by atoms with E-state index in [-0.39, 0.29) is 41.6 Å². The summed E-state index contributed by atoms with van der Waals surface area (Å²) >= 11 is 9.19. The number of benzene rings is 1. The van der Waals surface area contributed by atoms with Gasteiger partial charge in [-0.15, -0.1) is 0 Å². The molecule has 2 rings (SSSR count). The molecule has 0 aromatic heterocycles. The summed E-state index contributed by atoms with van der Waals surface area (Å²) in [5.74, 6) is 0.100. The molecule has 0 atom stereocenters. The Balaban J connectivity index is 2.33. The van der Waals surface area contributed by atoms with E-state index in [9.17, 15) is 13.2 Å². The summed E-state index contributed by atoms with van der Waals surface area (Å²) in [7, 11) is -3.60. The van der Waals surface area contributed by atoms with E-state index in [2.05, 4.69) is 15.9 Å². The van der Waals surface area contributed by atoms with Crippen molar-refractivity contribution in [1.82, 2.24) is 4.31 Å². The number of hydrogen-bond acceptors (Lipinski definition) is 3. The molecule has 0 unspecified atom stereocenters. The van der Waals surface area contributed by atoms with E-state index in [1.54, 1.807) is 12.1 Å². The quantitative estimate of drug-likeness (QED) is 0.821. The van der Waals surface area contributed by atoms with Crippen LogP contribution in [0, 0.1) is 0 Å². The summed E-state index contributed by atoms with van der Waals surface area (Å²) in [6, 6.07) is 4.65. The van der Waals surface area contributed by atoms with Gasteiger partial charge < -0.3 is 0 Å². The second-order valence-electron chi connectivity index (χ2n) is 4.02. The Morgan fingerprint density at radius 2 is 1.83 bits per heavy atom. The van der Waals surface area contributed by atoms with Crippen LogP contribution in [0.15, 0.2) is 27.6 Å². The molecule has 0 amide bonds. The van der Waals surface area contributed by atoms with Gasteiger partial charge in [0.1, 0.15) is 10.7 Å². The van der Waals surface area contributed by atoms with Gasteiger partial charge in [0.25, 0.3) is 0 Å². The van der Waals surface area contributed by atoms with E-state index < -0.39 is 10.0 Å². The van der Waals surface area contributed by atoms with Crippen molar-refractivity contribution in [2.24, 2.45) is 0 Å². The zero-order valence-electron chi connectivity index (χ0n) is 9.40. The van der Waals surface area contributed by atoms with Gasteiger partial charge in [-0.25, -0.2) is 8.42 Å². The highest BCUT2D eigenvalue weighted by molar-refractivity contribution is 9.10. The molecule has 4 nitrogen and oxygen atoms in total. The first-order chi connectivity index (χ1) is 8.41. The number of sulfonamides is 1. The van der Waals surface area contributed by atoms with Crippen molar-refractivity contribution in [3.05, 3.63) is 27.7 Å². The lowest BCUT2D eigenvalue weighted by atomic mass is 10.1. The first-order valence-corrected chi connectivity index (χ1v) is 7.99. The first-order valence-electron chi connectivity index (χ1n) is 5.38. The fourth-order valence-corrected chi connectivity index (χ4v) is 4.25. The van der Waals surface area contributed by atoms with E-state index >= 15 is 0 Å². The molecule has 0 radical (unpaired) electrons. The second kappa shape index (κ2) is 5.28. The van der Waals surface area contributed by atoms with E-state index in [4.69, 9.17) is 11.6 Å². The minimum atomic E-state index is -3.60. The predicted molar refractivity (Wildman–Crippen MR) is 72.2 cm³/mol. The largest absolute Gasteiger partial charge is 0.300 e. The Morgan fingerprint density at radius 3 is 2.39 bits per heavy atom. The van der Waals surface area contributed by atoms with Crippen LogP contribution in [-0.2, 0) is 14.8 Å². The van der Waals surface area contributed by atoms with Gasteiger partial charge in [-0.3, -0.25) is 4.79 Å². The smallest absolute Gasteiger partial charge is 0.244 e. The molecule has 1 aromatic rings. The van der Waals surface area contributed by atoms with E-state index in [1.807, 2.05) is 0 Å². The summed E-state index contributed by atoms with van der Waals surface area (Å²) in [6.45, 7) is 0.459. The summed E-state index contributed by atoms with van der Waals surface area (Å²) in [6.07, 6.45) is 0.542. The van der Waals surface area contributed by atoms with Gasteiger partial charge in [-0.2, -0.15) is 4.31 Å². The highest BCUT2D eigenvalue weighted by Gasteiger charge is 2.29. The van der Waals surface area contributed by atoms with Crippen molar-refractivity contribution >= 4 is 43.3 Å². The Morgan fingerprint density at radius 1 is 1.22 bits per heavy atom. The summed E-state index contributed by atoms with van der Waals surface area (Å²) < 4.78 is 26.7. The number of nitrogens with zero attached hydrogens (tertiary/aromatic N) is 1. The number of halogens is 2. The lowest BCUT2D eigenvalue weighted by Gasteiger charge is -2.25. The van der Waals surface area contributed by atoms with Gasteiger partial charge in [-0.05, 0) is 18.2 Å². The maximum absolute atomic E-state index is 12.3. The predicted octanol–water partition coefficient (Wildman–Crippen LogP) is 2.46. The van der Waals surface area contributed by atoms with E-state index in [0.29, 0.717) is 0 Å². The third kappa shape index (κ3) is 2.77. The third-order valence-electron chi connectivity index (χ3n) is 2.79. The fraction of sp³-hybridized carbons (Fsp3) is 0.364. The van der Waals surface area contributed by atoms with Crippen molar-refractivity contribution in [3.63, 3.8) is 0 Å². The topological polar surface area (TPSA) is 54.5 Å². The summed E-state index contributed by atoms with van der Waals surface area (Å²) in [5, 5.41) is 0.182. The average molecular weight is 353 g/mol. The van der Waals surface area contributed by atoms with Crippen molar-refractivity contribution in [2.45, 2.75) is 17.7 Å². The maximum atomic E-state index is 12.3. The number of hydrogen-bond donors (Lipinski definition) is 0. The second-order valence-corrected chi connectivity index (χ2v) is 7.25. The summed E-state index contributed by atoms with van der Waals surface area (Å²) in [4.78, 5) is 11.2. The molecule has 1 fully saturated rings. The molecule has 0 N–H and O–H groups in total. The van der Waals surface area contributed by atoms with Crippen LogP contribution in [-0.4, -0.2) is 31.6 Å². The molecular formula is C11H11BrClNO3S. The molecule has 7 heteroatoms. The monoisotopic (exact) mass is 351 g/mol. The molecule has 0 spiro atoms. The SMILES string of the molecule is O=C1CCN(S(=O)(=O)c2ccc(Br)cc2Cl)CC1. The van der Waals surface area contributed by atoms with Crippen molar-refractivity contribution in [3.8, 4) is 0 Å². The molecule has 18 heavy (non-hydrogen) atoms. The molecular weight excluding hydrogens is 342 g/mol. The number of piperidine rings is 1. The van der Waals surface area contributed by atoms with Crippen LogP contribution >= 0.6 is 27.5 Å². The maximum Gasteiger partial charge on any atom is 0.244 e. The zero-order chi connectivity index (χ0) is 13.3.